The lowest BCUT2D eigenvalue weighted by Gasteiger charge is -2.36. The second-order valence-electron chi connectivity index (χ2n) is 4.38. The van der Waals surface area contributed by atoms with Crippen LogP contribution in [0.4, 0.5) is 10.1 Å². The van der Waals surface area contributed by atoms with E-state index >= 15 is 0 Å². The highest BCUT2D eigenvalue weighted by Gasteiger charge is 2.29. The monoisotopic (exact) mass is 267 g/mol. The van der Waals surface area contributed by atoms with Gasteiger partial charge in [0.15, 0.2) is 0 Å². The molecule has 0 radical (unpaired) electrons. The highest BCUT2D eigenvalue weighted by molar-refractivity contribution is 5.85. The van der Waals surface area contributed by atoms with Crippen LogP contribution in [0.1, 0.15) is 5.56 Å². The SMILES string of the molecule is CNC(=O)C1COCCN1c1ccc(CN)c(F)c1. The van der Waals surface area contributed by atoms with Gasteiger partial charge in [0.1, 0.15) is 11.9 Å². The number of likely N-dealkylation sites (N-methyl/N-ethyl adjacent to an activating group) is 1. The Bertz CT molecular complexity index is 467. The van der Waals surface area contributed by atoms with Crippen molar-refractivity contribution in [1.82, 2.24) is 5.32 Å². The quantitative estimate of drug-likeness (QED) is 0.823. The molecular formula is C13H18FN3O2. The maximum Gasteiger partial charge on any atom is 0.244 e. The number of anilines is 1. The van der Waals surface area contributed by atoms with Crippen LogP contribution in [0.3, 0.4) is 0 Å². The third-order valence-corrected chi connectivity index (χ3v) is 3.27. The maximum absolute atomic E-state index is 13.8. The molecule has 0 spiro atoms. The first-order chi connectivity index (χ1) is 9.17. The van der Waals surface area contributed by atoms with E-state index in [1.165, 1.54) is 6.07 Å². The lowest BCUT2D eigenvalue weighted by Crippen LogP contribution is -2.53. The van der Waals surface area contributed by atoms with Gasteiger partial charge in [0, 0.05) is 31.4 Å². The number of morpholine rings is 1. The number of amides is 1. The Morgan fingerprint density at radius 2 is 2.42 bits per heavy atom. The van der Waals surface area contributed by atoms with E-state index in [1.807, 2.05) is 4.90 Å². The minimum Gasteiger partial charge on any atom is -0.377 e. The average Bonchev–Trinajstić information content (AvgIpc) is 2.46. The van der Waals surface area contributed by atoms with E-state index in [-0.39, 0.29) is 18.3 Å². The summed E-state index contributed by atoms with van der Waals surface area (Å²) in [5.41, 5.74) is 6.58. The predicted octanol–water partition coefficient (Wildman–Crippen LogP) is 0.236. The van der Waals surface area contributed by atoms with Crippen LogP contribution in [0.2, 0.25) is 0 Å². The van der Waals surface area contributed by atoms with Crippen molar-refractivity contribution in [2.45, 2.75) is 12.6 Å². The Labute approximate surface area is 111 Å². The largest absolute Gasteiger partial charge is 0.377 e. The molecule has 104 valence electrons. The van der Waals surface area contributed by atoms with Crippen LogP contribution in [0.25, 0.3) is 0 Å². The molecule has 1 saturated heterocycles. The third-order valence-electron chi connectivity index (χ3n) is 3.27. The van der Waals surface area contributed by atoms with Crippen molar-refractivity contribution < 1.29 is 13.9 Å². The number of ether oxygens (including phenoxy) is 1. The van der Waals surface area contributed by atoms with E-state index in [1.54, 1.807) is 19.2 Å². The molecule has 2 rings (SSSR count). The minimum absolute atomic E-state index is 0.136. The molecule has 1 aliphatic rings. The summed E-state index contributed by atoms with van der Waals surface area (Å²) in [5, 5.41) is 2.60. The summed E-state index contributed by atoms with van der Waals surface area (Å²) in [6, 6.07) is 4.43. The Morgan fingerprint density at radius 3 is 3.05 bits per heavy atom. The van der Waals surface area contributed by atoms with Gasteiger partial charge in [0.2, 0.25) is 5.91 Å². The number of benzene rings is 1. The molecule has 1 fully saturated rings. The van der Waals surface area contributed by atoms with Gasteiger partial charge in [0.05, 0.1) is 13.2 Å². The zero-order valence-corrected chi connectivity index (χ0v) is 10.9. The summed E-state index contributed by atoms with van der Waals surface area (Å²) in [6.45, 7) is 1.54. The van der Waals surface area contributed by atoms with Gasteiger partial charge in [-0.2, -0.15) is 0 Å². The Balaban J connectivity index is 2.27. The number of hydrogen-bond acceptors (Lipinski definition) is 4. The van der Waals surface area contributed by atoms with Crippen molar-refractivity contribution in [3.8, 4) is 0 Å². The Kier molecular flexibility index (Phi) is 4.34. The Morgan fingerprint density at radius 1 is 1.63 bits per heavy atom. The zero-order chi connectivity index (χ0) is 13.8. The number of hydrogen-bond donors (Lipinski definition) is 2. The van der Waals surface area contributed by atoms with Gasteiger partial charge in [-0.25, -0.2) is 4.39 Å². The van der Waals surface area contributed by atoms with E-state index < -0.39 is 6.04 Å². The topological polar surface area (TPSA) is 67.6 Å². The molecule has 1 unspecified atom stereocenters. The van der Waals surface area contributed by atoms with Gasteiger partial charge in [-0.3, -0.25) is 4.79 Å². The number of carbonyl (C=O) groups excluding carboxylic acids is 1. The van der Waals surface area contributed by atoms with E-state index in [0.717, 1.165) is 0 Å². The molecular weight excluding hydrogens is 249 g/mol. The first kappa shape index (κ1) is 13.8. The molecule has 3 N–H and O–H groups in total. The average molecular weight is 267 g/mol. The molecule has 19 heavy (non-hydrogen) atoms. The van der Waals surface area contributed by atoms with E-state index in [4.69, 9.17) is 10.5 Å². The van der Waals surface area contributed by atoms with Gasteiger partial charge >= 0.3 is 0 Å². The molecule has 6 heteroatoms. The second kappa shape index (κ2) is 5.99. The van der Waals surface area contributed by atoms with Gasteiger partial charge in [-0.15, -0.1) is 0 Å². The van der Waals surface area contributed by atoms with Crippen molar-refractivity contribution in [2.75, 3.05) is 31.7 Å². The lowest BCUT2D eigenvalue weighted by molar-refractivity contribution is -0.124. The molecule has 0 saturated carbocycles. The van der Waals surface area contributed by atoms with Crippen LogP contribution in [-0.4, -0.2) is 38.8 Å². The number of nitrogens with two attached hydrogens (primary N) is 1. The molecule has 1 amide bonds. The molecule has 1 atom stereocenters. The summed E-state index contributed by atoms with van der Waals surface area (Å²) < 4.78 is 19.1. The first-order valence-electron chi connectivity index (χ1n) is 6.22. The number of halogens is 1. The van der Waals surface area contributed by atoms with E-state index in [2.05, 4.69) is 5.32 Å². The third kappa shape index (κ3) is 2.85. The predicted molar refractivity (Wildman–Crippen MR) is 70.3 cm³/mol. The molecule has 1 heterocycles. The fourth-order valence-electron chi connectivity index (χ4n) is 2.18. The van der Waals surface area contributed by atoms with Gasteiger partial charge < -0.3 is 20.7 Å². The van der Waals surface area contributed by atoms with Crippen molar-refractivity contribution in [1.29, 1.82) is 0 Å². The summed E-state index contributed by atoms with van der Waals surface area (Å²) in [4.78, 5) is 13.7. The molecule has 1 aliphatic heterocycles. The molecule has 1 aromatic rings. The zero-order valence-electron chi connectivity index (χ0n) is 10.9. The molecule has 0 aromatic heterocycles. The van der Waals surface area contributed by atoms with Crippen molar-refractivity contribution in [3.05, 3.63) is 29.6 Å². The normalized spacial score (nSPS) is 19.3. The van der Waals surface area contributed by atoms with Crippen molar-refractivity contribution in [3.63, 3.8) is 0 Å². The summed E-state index contributed by atoms with van der Waals surface area (Å²) in [5.74, 6) is -0.481. The summed E-state index contributed by atoms with van der Waals surface area (Å²) >= 11 is 0. The summed E-state index contributed by atoms with van der Waals surface area (Å²) in [6.07, 6.45) is 0. The van der Waals surface area contributed by atoms with Crippen LogP contribution in [-0.2, 0) is 16.1 Å². The molecule has 1 aromatic carbocycles. The van der Waals surface area contributed by atoms with Crippen LogP contribution >= 0.6 is 0 Å². The fourth-order valence-corrected chi connectivity index (χ4v) is 2.18. The van der Waals surface area contributed by atoms with Crippen LogP contribution < -0.4 is 16.0 Å². The standard InChI is InChI=1S/C13H18FN3O2/c1-16-13(18)12-8-19-5-4-17(12)10-3-2-9(7-15)11(14)6-10/h2-3,6,12H,4-5,7-8,15H2,1H3,(H,16,18). The minimum atomic E-state index is -0.429. The lowest BCUT2D eigenvalue weighted by atomic mass is 10.1. The van der Waals surface area contributed by atoms with Gasteiger partial charge in [-0.05, 0) is 12.1 Å². The molecule has 0 aliphatic carbocycles. The fraction of sp³-hybridized carbons (Fsp3) is 0.462. The highest BCUT2D eigenvalue weighted by atomic mass is 19.1. The van der Waals surface area contributed by atoms with Crippen molar-refractivity contribution in [2.24, 2.45) is 5.73 Å². The van der Waals surface area contributed by atoms with Crippen LogP contribution in [0.5, 0.6) is 0 Å². The van der Waals surface area contributed by atoms with Crippen molar-refractivity contribution >= 4 is 11.6 Å². The Hall–Kier alpha value is -1.66. The summed E-state index contributed by atoms with van der Waals surface area (Å²) in [7, 11) is 1.58. The maximum atomic E-state index is 13.8. The van der Waals surface area contributed by atoms with Crippen LogP contribution in [0.15, 0.2) is 18.2 Å². The molecule has 5 nitrogen and oxygen atoms in total. The first-order valence-corrected chi connectivity index (χ1v) is 6.22. The number of rotatable bonds is 3. The van der Waals surface area contributed by atoms with E-state index in [9.17, 15) is 9.18 Å². The molecule has 0 bridgehead atoms. The van der Waals surface area contributed by atoms with Crippen LogP contribution in [0, 0.1) is 5.82 Å². The number of carbonyl (C=O) groups is 1. The second-order valence-corrected chi connectivity index (χ2v) is 4.38. The number of nitrogens with zero attached hydrogens (tertiary/aromatic N) is 1. The van der Waals surface area contributed by atoms with E-state index in [0.29, 0.717) is 31.0 Å². The van der Waals surface area contributed by atoms with Gasteiger partial charge in [0.25, 0.3) is 0 Å². The highest BCUT2D eigenvalue weighted by Crippen LogP contribution is 2.22. The number of nitrogens with one attached hydrogen (secondary N) is 1. The van der Waals surface area contributed by atoms with Gasteiger partial charge in [-0.1, -0.05) is 6.07 Å². The smallest absolute Gasteiger partial charge is 0.244 e.